The number of hydrogen-bond donors (Lipinski definition) is 1. The quantitative estimate of drug-likeness (QED) is 0.552. The maximum absolute atomic E-state index is 3.52. The average Bonchev–Trinajstić information content (AvgIpc) is 2.40. The van der Waals surface area contributed by atoms with Crippen molar-refractivity contribution in [1.29, 1.82) is 0 Å². The van der Waals surface area contributed by atoms with Gasteiger partial charge < -0.3 is 10.2 Å². The van der Waals surface area contributed by atoms with Crippen molar-refractivity contribution in [1.82, 2.24) is 10.2 Å². The van der Waals surface area contributed by atoms with Gasteiger partial charge in [0.1, 0.15) is 0 Å². The van der Waals surface area contributed by atoms with E-state index in [0.29, 0.717) is 0 Å². The van der Waals surface area contributed by atoms with Gasteiger partial charge in [-0.1, -0.05) is 31.5 Å². The Labute approximate surface area is 123 Å². The molecule has 0 saturated carbocycles. The number of thioether (sulfide) groups is 1. The van der Waals surface area contributed by atoms with Gasteiger partial charge in [-0.05, 0) is 38.6 Å². The topological polar surface area (TPSA) is 15.3 Å². The summed E-state index contributed by atoms with van der Waals surface area (Å²) in [5, 5.41) is 3.52. The van der Waals surface area contributed by atoms with Crippen molar-refractivity contribution in [2.24, 2.45) is 0 Å². The molecule has 0 radical (unpaired) electrons. The molecule has 1 aromatic carbocycles. The molecule has 3 heteroatoms. The van der Waals surface area contributed by atoms with Crippen molar-refractivity contribution >= 4 is 11.8 Å². The van der Waals surface area contributed by atoms with Crippen LogP contribution in [0.5, 0.6) is 0 Å². The zero-order chi connectivity index (χ0) is 14.1. The molecule has 0 unspecified atom stereocenters. The number of nitrogens with one attached hydrogen (secondary N) is 1. The van der Waals surface area contributed by atoms with E-state index in [0.717, 1.165) is 38.5 Å². The molecule has 0 aliphatic heterocycles. The maximum atomic E-state index is 3.52. The van der Waals surface area contributed by atoms with Crippen molar-refractivity contribution in [3.63, 3.8) is 0 Å². The van der Waals surface area contributed by atoms with Crippen LogP contribution in [0.1, 0.15) is 25.0 Å². The lowest BCUT2D eigenvalue weighted by Crippen LogP contribution is -2.32. The predicted molar refractivity (Wildman–Crippen MR) is 87.3 cm³/mol. The molecule has 0 bridgehead atoms. The summed E-state index contributed by atoms with van der Waals surface area (Å²) in [4.78, 5) is 3.86. The zero-order valence-corrected chi connectivity index (χ0v) is 13.6. The second-order valence-electron chi connectivity index (χ2n) is 4.89. The number of rotatable bonds is 9. The summed E-state index contributed by atoms with van der Waals surface area (Å²) in [5.41, 5.74) is 2.74. The zero-order valence-electron chi connectivity index (χ0n) is 12.8. The highest BCUT2D eigenvalue weighted by Crippen LogP contribution is 2.22. The van der Waals surface area contributed by atoms with Gasteiger partial charge in [0.15, 0.2) is 0 Å². The van der Waals surface area contributed by atoms with E-state index in [1.54, 1.807) is 0 Å². The fourth-order valence-corrected chi connectivity index (χ4v) is 3.01. The first kappa shape index (κ1) is 16.5. The fourth-order valence-electron chi connectivity index (χ4n) is 2.10. The van der Waals surface area contributed by atoms with E-state index >= 15 is 0 Å². The van der Waals surface area contributed by atoms with Gasteiger partial charge in [-0.2, -0.15) is 0 Å². The van der Waals surface area contributed by atoms with Crippen LogP contribution in [0, 0.1) is 13.8 Å². The van der Waals surface area contributed by atoms with Gasteiger partial charge in [0.2, 0.25) is 0 Å². The molecule has 0 heterocycles. The third-order valence-corrected chi connectivity index (χ3v) is 4.54. The first-order chi connectivity index (χ1) is 9.17. The van der Waals surface area contributed by atoms with Crippen LogP contribution in [0.15, 0.2) is 23.1 Å². The third kappa shape index (κ3) is 6.46. The minimum Gasteiger partial charge on any atom is -0.315 e. The van der Waals surface area contributed by atoms with E-state index in [2.05, 4.69) is 56.1 Å². The standard InChI is InChI=1S/C16H28N2S/c1-5-18(6-2)11-9-17-10-12-19-16-8-7-14(3)13-15(16)4/h7-8,13,17H,5-6,9-12H2,1-4H3. The molecule has 0 fully saturated rings. The second-order valence-corrected chi connectivity index (χ2v) is 6.03. The number of benzene rings is 1. The minimum atomic E-state index is 1.08. The van der Waals surface area contributed by atoms with E-state index in [4.69, 9.17) is 0 Å². The van der Waals surface area contributed by atoms with Gasteiger partial charge >= 0.3 is 0 Å². The van der Waals surface area contributed by atoms with E-state index < -0.39 is 0 Å². The normalized spacial score (nSPS) is 11.2. The Hall–Kier alpha value is -0.510. The van der Waals surface area contributed by atoms with E-state index in [-0.39, 0.29) is 0 Å². The molecule has 19 heavy (non-hydrogen) atoms. The average molecular weight is 280 g/mol. The van der Waals surface area contributed by atoms with Gasteiger partial charge in [-0.3, -0.25) is 0 Å². The number of nitrogens with zero attached hydrogens (tertiary/aromatic N) is 1. The summed E-state index contributed by atoms with van der Waals surface area (Å²) in [6.07, 6.45) is 0. The summed E-state index contributed by atoms with van der Waals surface area (Å²) in [6.45, 7) is 14.4. The molecular formula is C16H28N2S. The molecule has 0 aliphatic rings. The molecule has 0 aliphatic carbocycles. The molecule has 1 rings (SSSR count). The first-order valence-electron chi connectivity index (χ1n) is 7.30. The summed E-state index contributed by atoms with van der Waals surface area (Å²) < 4.78 is 0. The molecule has 1 N–H and O–H groups in total. The summed E-state index contributed by atoms with van der Waals surface area (Å²) in [7, 11) is 0. The van der Waals surface area contributed by atoms with Crippen LogP contribution in [0.2, 0.25) is 0 Å². The first-order valence-corrected chi connectivity index (χ1v) is 8.29. The van der Waals surface area contributed by atoms with Crippen molar-refractivity contribution in [3.8, 4) is 0 Å². The Morgan fingerprint density at radius 2 is 1.84 bits per heavy atom. The summed E-state index contributed by atoms with van der Waals surface area (Å²) in [5.74, 6) is 1.14. The lowest BCUT2D eigenvalue weighted by molar-refractivity contribution is 0.303. The maximum Gasteiger partial charge on any atom is 0.0107 e. The third-order valence-electron chi connectivity index (χ3n) is 3.37. The SMILES string of the molecule is CCN(CC)CCNCCSc1ccc(C)cc1C. The van der Waals surface area contributed by atoms with Crippen molar-refractivity contribution in [3.05, 3.63) is 29.3 Å². The monoisotopic (exact) mass is 280 g/mol. The fraction of sp³-hybridized carbons (Fsp3) is 0.625. The van der Waals surface area contributed by atoms with Crippen LogP contribution < -0.4 is 5.32 Å². The van der Waals surface area contributed by atoms with Crippen molar-refractivity contribution in [2.75, 3.05) is 38.5 Å². The Morgan fingerprint density at radius 1 is 1.11 bits per heavy atom. The molecule has 2 nitrogen and oxygen atoms in total. The van der Waals surface area contributed by atoms with Crippen LogP contribution in [-0.2, 0) is 0 Å². The molecular weight excluding hydrogens is 252 g/mol. The molecule has 108 valence electrons. The summed E-state index contributed by atoms with van der Waals surface area (Å²) >= 11 is 1.95. The highest BCUT2D eigenvalue weighted by Gasteiger charge is 2.00. The number of aryl methyl sites for hydroxylation is 2. The van der Waals surface area contributed by atoms with Gasteiger partial charge in [0.05, 0.1) is 0 Å². The molecule has 0 saturated heterocycles. The Morgan fingerprint density at radius 3 is 2.47 bits per heavy atom. The number of hydrogen-bond acceptors (Lipinski definition) is 3. The molecule has 0 amide bonds. The highest BCUT2D eigenvalue weighted by atomic mass is 32.2. The van der Waals surface area contributed by atoms with E-state index in [9.17, 15) is 0 Å². The molecule has 0 atom stereocenters. The van der Waals surface area contributed by atoms with Gasteiger partial charge in [-0.25, -0.2) is 0 Å². The Balaban J connectivity index is 2.14. The molecule has 0 spiro atoms. The van der Waals surface area contributed by atoms with Gasteiger partial charge in [0, 0.05) is 30.3 Å². The Kier molecular flexibility index (Phi) is 8.19. The Bertz CT molecular complexity index is 362. The van der Waals surface area contributed by atoms with Crippen LogP contribution in [-0.4, -0.2) is 43.4 Å². The van der Waals surface area contributed by atoms with Crippen molar-refractivity contribution in [2.45, 2.75) is 32.6 Å². The van der Waals surface area contributed by atoms with E-state index in [1.807, 2.05) is 11.8 Å². The van der Waals surface area contributed by atoms with Crippen LogP contribution in [0.25, 0.3) is 0 Å². The predicted octanol–water partition coefficient (Wildman–Crippen LogP) is 3.33. The lowest BCUT2D eigenvalue weighted by Gasteiger charge is -2.17. The smallest absolute Gasteiger partial charge is 0.0107 e. The summed E-state index contributed by atoms with van der Waals surface area (Å²) in [6, 6.07) is 6.70. The van der Waals surface area contributed by atoms with E-state index in [1.165, 1.54) is 16.0 Å². The van der Waals surface area contributed by atoms with Gasteiger partial charge in [-0.15, -0.1) is 11.8 Å². The van der Waals surface area contributed by atoms with Crippen molar-refractivity contribution < 1.29 is 0 Å². The highest BCUT2D eigenvalue weighted by molar-refractivity contribution is 7.99. The lowest BCUT2D eigenvalue weighted by atomic mass is 10.2. The molecule has 1 aromatic rings. The largest absolute Gasteiger partial charge is 0.315 e. The minimum absolute atomic E-state index is 1.08. The second kappa shape index (κ2) is 9.40. The molecule has 0 aromatic heterocycles. The van der Waals surface area contributed by atoms with Crippen LogP contribution >= 0.6 is 11.8 Å². The van der Waals surface area contributed by atoms with Gasteiger partial charge in [0.25, 0.3) is 0 Å². The van der Waals surface area contributed by atoms with Crippen LogP contribution in [0.4, 0.5) is 0 Å². The number of likely N-dealkylation sites (N-methyl/N-ethyl adjacent to an activating group) is 1. The van der Waals surface area contributed by atoms with Crippen LogP contribution in [0.3, 0.4) is 0 Å².